The summed E-state index contributed by atoms with van der Waals surface area (Å²) < 4.78 is 15.6. The Morgan fingerprint density at radius 3 is 1.38 bits per heavy atom. The summed E-state index contributed by atoms with van der Waals surface area (Å²) >= 11 is 0. The van der Waals surface area contributed by atoms with Gasteiger partial charge < -0.3 is 4.57 Å². The molecule has 52 heavy (non-hydrogen) atoms. The normalized spacial score (nSPS) is 16.2. The fourth-order valence-electron chi connectivity index (χ4n) is 8.54. The van der Waals surface area contributed by atoms with Crippen molar-refractivity contribution in [1.82, 2.24) is 9.97 Å². The Labute approximate surface area is 305 Å². The van der Waals surface area contributed by atoms with E-state index >= 15 is 4.57 Å². The second kappa shape index (κ2) is 13.8. The van der Waals surface area contributed by atoms with Gasteiger partial charge >= 0.3 is 0 Å². The lowest BCUT2D eigenvalue weighted by atomic mass is 9.78. The molecule has 3 nitrogen and oxygen atoms in total. The van der Waals surface area contributed by atoms with E-state index in [4.69, 9.17) is 9.97 Å². The molecule has 8 aromatic rings. The molecule has 4 heteroatoms. The highest BCUT2D eigenvalue weighted by Gasteiger charge is 2.40. The zero-order chi connectivity index (χ0) is 34.9. The fourth-order valence-corrected chi connectivity index (χ4v) is 12.0. The number of aromatic nitrogens is 2. The molecule has 1 aliphatic rings. The maximum absolute atomic E-state index is 15.6. The maximum atomic E-state index is 15.6. The maximum Gasteiger partial charge on any atom is 0.161 e. The topological polar surface area (TPSA) is 42.9 Å². The van der Waals surface area contributed by atoms with E-state index in [0.717, 1.165) is 81.0 Å². The van der Waals surface area contributed by atoms with Crippen LogP contribution in [0.3, 0.4) is 0 Å². The van der Waals surface area contributed by atoms with E-state index in [1.165, 1.54) is 16.3 Å². The molecule has 1 aliphatic carbocycles. The van der Waals surface area contributed by atoms with Crippen LogP contribution in [-0.4, -0.2) is 15.6 Å². The monoisotopic (exact) mass is 690 g/mol. The summed E-state index contributed by atoms with van der Waals surface area (Å²) in [5, 5.41) is 6.68. The Kier molecular flexibility index (Phi) is 8.59. The molecule has 2 unspecified atom stereocenters. The summed E-state index contributed by atoms with van der Waals surface area (Å²) in [6.07, 6.45) is 3.91. The molecule has 252 valence electrons. The zero-order valence-corrected chi connectivity index (χ0v) is 29.9. The minimum absolute atomic E-state index is 0.0487. The molecule has 0 amide bonds. The van der Waals surface area contributed by atoms with E-state index in [-0.39, 0.29) is 11.6 Å². The van der Waals surface area contributed by atoms with Gasteiger partial charge in [-0.25, -0.2) is 9.97 Å². The van der Waals surface area contributed by atoms with Crippen molar-refractivity contribution < 1.29 is 4.57 Å². The Bertz CT molecular complexity index is 2400. The molecule has 0 aliphatic heterocycles. The zero-order valence-electron chi connectivity index (χ0n) is 29.0. The first-order valence-corrected chi connectivity index (χ1v) is 20.1. The molecule has 9 rings (SSSR count). The first kappa shape index (κ1) is 32.3. The van der Waals surface area contributed by atoms with Crippen LogP contribution in [0.25, 0.3) is 55.4 Å². The number of hydrogen-bond donors (Lipinski definition) is 0. The summed E-state index contributed by atoms with van der Waals surface area (Å²) in [5.74, 6) is 0.970. The summed E-state index contributed by atoms with van der Waals surface area (Å²) in [4.78, 5) is 10.6. The number of rotatable bonds is 7. The highest BCUT2D eigenvalue weighted by molar-refractivity contribution is 7.79. The van der Waals surface area contributed by atoms with Crippen LogP contribution in [0.15, 0.2) is 176 Å². The van der Waals surface area contributed by atoms with Crippen LogP contribution in [0.1, 0.15) is 37.2 Å². The van der Waals surface area contributed by atoms with E-state index < -0.39 is 7.14 Å². The predicted molar refractivity (Wildman–Crippen MR) is 218 cm³/mol. The van der Waals surface area contributed by atoms with Gasteiger partial charge in [-0.2, -0.15) is 0 Å². The van der Waals surface area contributed by atoms with Crippen LogP contribution in [0.4, 0.5) is 0 Å². The van der Waals surface area contributed by atoms with Crippen LogP contribution in [0, 0.1) is 0 Å². The number of fused-ring (bicyclic) bond motifs is 2. The Balaban J connectivity index is 1.24. The van der Waals surface area contributed by atoms with Crippen LogP contribution >= 0.6 is 7.14 Å². The van der Waals surface area contributed by atoms with Crippen molar-refractivity contribution in [2.24, 2.45) is 0 Å². The minimum atomic E-state index is -2.93. The van der Waals surface area contributed by atoms with Crippen LogP contribution in [-0.2, 0) is 4.57 Å². The second-order valence-corrected chi connectivity index (χ2v) is 17.0. The van der Waals surface area contributed by atoms with Gasteiger partial charge in [0.05, 0.1) is 11.4 Å². The molecule has 0 spiro atoms. The van der Waals surface area contributed by atoms with Crippen molar-refractivity contribution in [3.8, 4) is 33.9 Å². The standard InChI is InChI=1S/C48H39N2OP/c51-52(37-23-9-3-10-24-37,38-25-11-4-12-26-38)39-27-17-22-36(32-39)46-40-28-13-15-30-42(40)47(43-31-16-14-29-41(43)46)48-49-44(34-18-5-1-6-19-34)33-45(50-48)35-20-7-2-8-21-35/h1-16,18-21,23-26,28-31,33,36,39H,17,22,27,32H2. The van der Waals surface area contributed by atoms with Gasteiger partial charge in [-0.05, 0) is 58.4 Å². The third kappa shape index (κ3) is 5.76. The lowest BCUT2D eigenvalue weighted by molar-refractivity contribution is 0.442. The molecule has 0 radical (unpaired) electrons. The molecule has 2 atom stereocenters. The van der Waals surface area contributed by atoms with Gasteiger partial charge in [0.1, 0.15) is 7.14 Å². The third-order valence-corrected chi connectivity index (χ3v) is 14.5. The van der Waals surface area contributed by atoms with E-state index in [0.29, 0.717) is 0 Å². The third-order valence-electron chi connectivity index (χ3n) is 10.9. The number of hydrogen-bond acceptors (Lipinski definition) is 3. The van der Waals surface area contributed by atoms with Crippen LogP contribution in [0.5, 0.6) is 0 Å². The van der Waals surface area contributed by atoms with E-state index in [1.54, 1.807) is 0 Å². The molecule has 1 aromatic heterocycles. The first-order chi connectivity index (χ1) is 25.7. The average molecular weight is 691 g/mol. The smallest absolute Gasteiger partial charge is 0.161 e. The van der Waals surface area contributed by atoms with Gasteiger partial charge in [0.25, 0.3) is 0 Å². The number of nitrogens with zero attached hydrogens (tertiary/aromatic N) is 2. The molecular weight excluding hydrogens is 652 g/mol. The van der Waals surface area contributed by atoms with E-state index in [2.05, 4.69) is 127 Å². The average Bonchev–Trinajstić information content (AvgIpc) is 3.23. The van der Waals surface area contributed by atoms with E-state index in [1.807, 2.05) is 48.5 Å². The molecule has 0 saturated heterocycles. The van der Waals surface area contributed by atoms with Crippen molar-refractivity contribution in [3.05, 3.63) is 181 Å². The molecule has 0 N–H and O–H groups in total. The molecule has 1 fully saturated rings. The van der Waals surface area contributed by atoms with Crippen molar-refractivity contribution >= 4 is 39.3 Å². The molecular formula is C48H39N2OP. The van der Waals surface area contributed by atoms with Crippen LogP contribution in [0.2, 0.25) is 0 Å². The fraction of sp³-hybridized carbons (Fsp3) is 0.125. The first-order valence-electron chi connectivity index (χ1n) is 18.3. The molecule has 1 saturated carbocycles. The van der Waals surface area contributed by atoms with Crippen molar-refractivity contribution in [1.29, 1.82) is 0 Å². The summed E-state index contributed by atoms with van der Waals surface area (Å²) in [6.45, 7) is 0. The van der Waals surface area contributed by atoms with E-state index in [9.17, 15) is 0 Å². The lowest BCUT2D eigenvalue weighted by Crippen LogP contribution is -2.29. The quantitative estimate of drug-likeness (QED) is 0.123. The molecule has 1 heterocycles. The van der Waals surface area contributed by atoms with Crippen molar-refractivity contribution in [2.45, 2.75) is 37.3 Å². The summed E-state index contributed by atoms with van der Waals surface area (Å²) in [5.41, 5.74) is 6.37. The van der Waals surface area contributed by atoms with Gasteiger partial charge in [0, 0.05) is 33.0 Å². The minimum Gasteiger partial charge on any atom is -0.313 e. The van der Waals surface area contributed by atoms with Gasteiger partial charge in [0.15, 0.2) is 5.82 Å². The van der Waals surface area contributed by atoms with Gasteiger partial charge in [-0.15, -0.1) is 0 Å². The number of benzene rings is 7. The van der Waals surface area contributed by atoms with Crippen LogP contribution < -0.4 is 10.6 Å². The Hall–Kier alpha value is -5.63. The van der Waals surface area contributed by atoms with Crippen molar-refractivity contribution in [3.63, 3.8) is 0 Å². The second-order valence-electron chi connectivity index (χ2n) is 13.9. The largest absolute Gasteiger partial charge is 0.313 e. The highest BCUT2D eigenvalue weighted by atomic mass is 31.2. The SMILES string of the molecule is O=P(c1ccccc1)(c1ccccc1)C1CCCC(c2c3ccccc3c(-c3nc(-c4ccccc4)cc(-c4ccccc4)n3)c3ccccc23)C1. The van der Waals surface area contributed by atoms with Gasteiger partial charge in [-0.1, -0.05) is 176 Å². The molecule has 7 aromatic carbocycles. The molecule has 0 bridgehead atoms. The Morgan fingerprint density at radius 1 is 0.481 bits per heavy atom. The highest BCUT2D eigenvalue weighted by Crippen LogP contribution is 2.57. The lowest BCUT2D eigenvalue weighted by Gasteiger charge is -2.36. The van der Waals surface area contributed by atoms with Gasteiger partial charge in [-0.3, -0.25) is 0 Å². The van der Waals surface area contributed by atoms with Crippen molar-refractivity contribution in [2.75, 3.05) is 0 Å². The summed E-state index contributed by atoms with van der Waals surface area (Å²) in [6, 6.07) is 60.9. The Morgan fingerprint density at radius 2 is 0.904 bits per heavy atom. The predicted octanol–water partition coefficient (Wildman–Crippen LogP) is 11.8. The summed E-state index contributed by atoms with van der Waals surface area (Å²) in [7, 11) is -2.93. The van der Waals surface area contributed by atoms with Gasteiger partial charge in [0.2, 0.25) is 0 Å².